The lowest BCUT2D eigenvalue weighted by Crippen LogP contribution is -2.42. The molecule has 2 N–H and O–H groups in total. The molecule has 2 nitrogen and oxygen atoms in total. The molecule has 0 amide bonds. The van der Waals surface area contributed by atoms with Crippen LogP contribution >= 0.6 is 0 Å². The minimum atomic E-state index is 0.193. The van der Waals surface area contributed by atoms with Crippen molar-refractivity contribution in [2.45, 2.75) is 44.1 Å². The van der Waals surface area contributed by atoms with Crippen LogP contribution in [0.15, 0.2) is 18.2 Å². The van der Waals surface area contributed by atoms with Crippen molar-refractivity contribution in [2.75, 3.05) is 13.1 Å². The number of hydrogen-bond donors (Lipinski definition) is 2. The molecule has 0 saturated carbocycles. The number of nitrogens with one attached hydrogen (secondary N) is 1. The Labute approximate surface area is 103 Å². The normalized spacial score (nSPS) is 22.4. The monoisotopic (exact) mass is 231 g/mol. The van der Waals surface area contributed by atoms with Gasteiger partial charge in [0.2, 0.25) is 0 Å². The van der Waals surface area contributed by atoms with E-state index in [1.54, 1.807) is 0 Å². The Kier molecular flexibility index (Phi) is 2.93. The molecular formula is C15H21NO. The van der Waals surface area contributed by atoms with Gasteiger partial charge in [-0.05, 0) is 67.3 Å². The molecule has 1 spiro atoms. The summed E-state index contributed by atoms with van der Waals surface area (Å²) in [5, 5.41) is 13.1. The molecule has 0 radical (unpaired) electrons. The molecular weight excluding hydrogens is 210 g/mol. The summed E-state index contributed by atoms with van der Waals surface area (Å²) in [6.45, 7) is 2.44. The fraction of sp³-hybridized carbons (Fsp3) is 0.600. The largest absolute Gasteiger partial charge is 0.392 e. The smallest absolute Gasteiger partial charge is 0.0684 e. The number of fused-ring (bicyclic) bond motifs is 2. The molecule has 1 saturated heterocycles. The first kappa shape index (κ1) is 11.2. The van der Waals surface area contributed by atoms with Crippen LogP contribution in [0.3, 0.4) is 0 Å². The third-order valence-corrected chi connectivity index (χ3v) is 4.60. The molecule has 3 rings (SSSR count). The average Bonchev–Trinajstić information content (AvgIpc) is 2.39. The van der Waals surface area contributed by atoms with E-state index in [1.165, 1.54) is 48.8 Å². The van der Waals surface area contributed by atoms with Gasteiger partial charge in [0.15, 0.2) is 0 Å². The maximum Gasteiger partial charge on any atom is 0.0684 e. The van der Waals surface area contributed by atoms with Crippen LogP contribution in [-0.2, 0) is 18.4 Å². The lowest BCUT2D eigenvalue weighted by molar-refractivity contribution is 0.247. The topological polar surface area (TPSA) is 32.3 Å². The highest BCUT2D eigenvalue weighted by atomic mass is 16.3. The maximum absolute atomic E-state index is 9.59. The summed E-state index contributed by atoms with van der Waals surface area (Å²) in [5.41, 5.74) is 4.52. The van der Waals surface area contributed by atoms with Crippen LogP contribution in [0.2, 0.25) is 0 Å². The van der Waals surface area contributed by atoms with Crippen LogP contribution in [0.1, 0.15) is 42.4 Å². The Morgan fingerprint density at radius 1 is 1.18 bits per heavy atom. The molecule has 0 aromatic heterocycles. The van der Waals surface area contributed by atoms with Gasteiger partial charge in [-0.2, -0.15) is 0 Å². The molecule has 1 fully saturated rings. The van der Waals surface area contributed by atoms with E-state index in [1.807, 2.05) is 0 Å². The number of benzene rings is 1. The van der Waals surface area contributed by atoms with E-state index in [9.17, 15) is 5.11 Å². The first-order chi connectivity index (χ1) is 8.36. The summed E-state index contributed by atoms with van der Waals surface area (Å²) < 4.78 is 0. The summed E-state index contributed by atoms with van der Waals surface area (Å²) in [6, 6.07) is 6.47. The molecule has 17 heavy (non-hydrogen) atoms. The van der Waals surface area contributed by atoms with Crippen molar-refractivity contribution < 1.29 is 5.11 Å². The van der Waals surface area contributed by atoms with Crippen LogP contribution in [0.5, 0.6) is 0 Å². The Balaban J connectivity index is 2.10. The van der Waals surface area contributed by atoms with Gasteiger partial charge in [0.25, 0.3) is 0 Å². The van der Waals surface area contributed by atoms with Gasteiger partial charge in [0.05, 0.1) is 6.61 Å². The summed E-state index contributed by atoms with van der Waals surface area (Å²) in [4.78, 5) is 0. The maximum atomic E-state index is 9.59. The van der Waals surface area contributed by atoms with E-state index in [-0.39, 0.29) is 6.61 Å². The summed E-state index contributed by atoms with van der Waals surface area (Å²) in [7, 11) is 0. The van der Waals surface area contributed by atoms with Crippen molar-refractivity contribution in [3.63, 3.8) is 0 Å². The quantitative estimate of drug-likeness (QED) is 0.776. The van der Waals surface area contributed by atoms with Crippen molar-refractivity contribution >= 4 is 0 Å². The van der Waals surface area contributed by atoms with Gasteiger partial charge >= 0.3 is 0 Å². The molecule has 1 heterocycles. The van der Waals surface area contributed by atoms with Gasteiger partial charge in [-0.15, -0.1) is 0 Å². The van der Waals surface area contributed by atoms with E-state index < -0.39 is 0 Å². The zero-order valence-electron chi connectivity index (χ0n) is 10.3. The third-order valence-electron chi connectivity index (χ3n) is 4.60. The van der Waals surface area contributed by atoms with Gasteiger partial charge in [0.1, 0.15) is 0 Å². The molecule has 92 valence electrons. The SMILES string of the molecule is OCc1cccc2c1C1(CCC2)CCNCC1. The van der Waals surface area contributed by atoms with Gasteiger partial charge in [-0.3, -0.25) is 0 Å². The first-order valence-corrected chi connectivity index (χ1v) is 6.79. The fourth-order valence-corrected chi connectivity index (χ4v) is 3.82. The fourth-order valence-electron chi connectivity index (χ4n) is 3.82. The van der Waals surface area contributed by atoms with Crippen LogP contribution in [0.25, 0.3) is 0 Å². The molecule has 1 aromatic rings. The summed E-state index contributed by atoms with van der Waals surface area (Å²) in [6.07, 6.45) is 6.27. The predicted octanol–water partition coefficient (Wildman–Crippen LogP) is 2.14. The van der Waals surface area contributed by atoms with E-state index >= 15 is 0 Å². The van der Waals surface area contributed by atoms with Crippen molar-refractivity contribution in [3.8, 4) is 0 Å². The lowest BCUT2D eigenvalue weighted by Gasteiger charge is -2.43. The molecule has 1 aliphatic heterocycles. The lowest BCUT2D eigenvalue weighted by atomic mass is 9.64. The van der Waals surface area contributed by atoms with Crippen molar-refractivity contribution in [1.29, 1.82) is 0 Å². The second-order valence-electron chi connectivity index (χ2n) is 5.49. The Bertz CT molecular complexity index is 393. The van der Waals surface area contributed by atoms with Crippen molar-refractivity contribution in [1.82, 2.24) is 5.32 Å². The van der Waals surface area contributed by atoms with Gasteiger partial charge < -0.3 is 10.4 Å². The van der Waals surface area contributed by atoms with Gasteiger partial charge in [-0.25, -0.2) is 0 Å². The molecule has 1 aliphatic carbocycles. The summed E-state index contributed by atoms with van der Waals surface area (Å²) >= 11 is 0. The highest BCUT2D eigenvalue weighted by molar-refractivity contribution is 5.43. The van der Waals surface area contributed by atoms with Gasteiger partial charge in [-0.1, -0.05) is 18.2 Å². The van der Waals surface area contributed by atoms with Gasteiger partial charge in [0, 0.05) is 0 Å². The van der Waals surface area contributed by atoms with Crippen LogP contribution in [0, 0.1) is 0 Å². The van der Waals surface area contributed by atoms with Crippen LogP contribution < -0.4 is 5.32 Å². The molecule has 0 atom stereocenters. The highest BCUT2D eigenvalue weighted by Gasteiger charge is 2.38. The Morgan fingerprint density at radius 2 is 2.00 bits per heavy atom. The zero-order chi connectivity index (χ0) is 11.7. The highest BCUT2D eigenvalue weighted by Crippen LogP contribution is 2.45. The number of piperidine rings is 1. The van der Waals surface area contributed by atoms with E-state index in [0.29, 0.717) is 5.41 Å². The van der Waals surface area contributed by atoms with E-state index in [0.717, 1.165) is 13.1 Å². The number of aryl methyl sites for hydroxylation is 1. The zero-order valence-corrected chi connectivity index (χ0v) is 10.3. The summed E-state index contributed by atoms with van der Waals surface area (Å²) in [5.74, 6) is 0. The molecule has 0 unspecified atom stereocenters. The number of hydrogen-bond acceptors (Lipinski definition) is 2. The standard InChI is InChI=1S/C15H21NO/c17-11-13-4-1-3-12-5-2-6-15(14(12)13)7-9-16-10-8-15/h1,3-4,16-17H,2,5-11H2. The Morgan fingerprint density at radius 3 is 2.76 bits per heavy atom. The van der Waals surface area contributed by atoms with E-state index in [2.05, 4.69) is 23.5 Å². The average molecular weight is 231 g/mol. The second-order valence-corrected chi connectivity index (χ2v) is 5.49. The minimum Gasteiger partial charge on any atom is -0.392 e. The van der Waals surface area contributed by atoms with E-state index in [4.69, 9.17) is 0 Å². The minimum absolute atomic E-state index is 0.193. The van der Waals surface area contributed by atoms with Crippen molar-refractivity contribution in [2.24, 2.45) is 0 Å². The molecule has 0 bridgehead atoms. The number of aliphatic hydroxyl groups is 1. The molecule has 2 heteroatoms. The second kappa shape index (κ2) is 4.43. The molecule has 1 aromatic carbocycles. The van der Waals surface area contributed by atoms with Crippen molar-refractivity contribution in [3.05, 3.63) is 34.9 Å². The van der Waals surface area contributed by atoms with Crippen LogP contribution in [0.4, 0.5) is 0 Å². The third kappa shape index (κ3) is 1.80. The number of rotatable bonds is 1. The number of aliphatic hydroxyl groups excluding tert-OH is 1. The first-order valence-electron chi connectivity index (χ1n) is 6.79. The predicted molar refractivity (Wildman–Crippen MR) is 69.1 cm³/mol. The Hall–Kier alpha value is -0.860. The molecule has 2 aliphatic rings. The van der Waals surface area contributed by atoms with Crippen LogP contribution in [-0.4, -0.2) is 18.2 Å².